The molecule has 4 aromatic rings. The summed E-state index contributed by atoms with van der Waals surface area (Å²) in [5.74, 6) is 0.475. The summed E-state index contributed by atoms with van der Waals surface area (Å²) in [5.41, 5.74) is 9.92. The van der Waals surface area contributed by atoms with E-state index >= 15 is 0 Å². The van der Waals surface area contributed by atoms with Gasteiger partial charge in [-0.2, -0.15) is 0 Å². The summed E-state index contributed by atoms with van der Waals surface area (Å²) in [4.78, 5) is 8.94. The van der Waals surface area contributed by atoms with Crippen LogP contribution in [0, 0.1) is 0 Å². The highest BCUT2D eigenvalue weighted by atomic mass is 14.9. The van der Waals surface area contributed by atoms with E-state index in [1.54, 1.807) is 0 Å². The first-order chi connectivity index (χ1) is 10.3. The molecule has 0 spiro atoms. The van der Waals surface area contributed by atoms with Gasteiger partial charge in [-0.05, 0) is 17.7 Å². The molecule has 0 atom stereocenters. The van der Waals surface area contributed by atoms with Crippen LogP contribution in [0.4, 0.5) is 5.82 Å². The number of fused-ring (bicyclic) bond motifs is 3. The van der Waals surface area contributed by atoms with Crippen LogP contribution in [0.5, 0.6) is 0 Å². The smallest absolute Gasteiger partial charge is 0.150 e. The Kier molecular flexibility index (Phi) is 2.57. The fourth-order valence-electron chi connectivity index (χ4n) is 2.64. The molecule has 0 unspecified atom stereocenters. The number of nitrogens with two attached hydrogens (primary N) is 1. The lowest BCUT2D eigenvalue weighted by Gasteiger charge is -2.08. The van der Waals surface area contributed by atoms with Crippen LogP contribution in [-0.4, -0.2) is 9.97 Å². The lowest BCUT2D eigenvalue weighted by Crippen LogP contribution is -1.95. The largest absolute Gasteiger partial charge is 0.382 e. The molecule has 0 aliphatic rings. The summed E-state index contributed by atoms with van der Waals surface area (Å²) in [6.07, 6.45) is 1.85. The highest BCUT2D eigenvalue weighted by molar-refractivity contribution is 6.09. The van der Waals surface area contributed by atoms with Gasteiger partial charge < -0.3 is 5.73 Å². The Morgan fingerprint density at radius 2 is 1.52 bits per heavy atom. The maximum atomic E-state index is 6.04. The van der Waals surface area contributed by atoms with Gasteiger partial charge in [0.1, 0.15) is 5.52 Å². The predicted molar refractivity (Wildman–Crippen MR) is 86.9 cm³/mol. The molecule has 3 heteroatoms. The van der Waals surface area contributed by atoms with Crippen molar-refractivity contribution in [2.45, 2.75) is 0 Å². The standard InChI is InChI=1S/C18H13N3/c19-18-17-15(14-8-4-5-9-16(14)21-18)10-13(11-20-17)12-6-2-1-3-7-12/h1-11H,(H2,19,21). The summed E-state index contributed by atoms with van der Waals surface area (Å²) >= 11 is 0. The molecule has 0 saturated heterocycles. The molecule has 4 rings (SSSR count). The number of hydrogen-bond donors (Lipinski definition) is 1. The fraction of sp³-hybridized carbons (Fsp3) is 0. The summed E-state index contributed by atoms with van der Waals surface area (Å²) in [6, 6.07) is 20.4. The monoisotopic (exact) mass is 271 g/mol. The number of para-hydroxylation sites is 1. The summed E-state index contributed by atoms with van der Waals surface area (Å²) in [7, 11) is 0. The Labute approximate surface area is 122 Å². The van der Waals surface area contributed by atoms with E-state index in [0.29, 0.717) is 5.82 Å². The van der Waals surface area contributed by atoms with Gasteiger partial charge in [0.05, 0.1) is 5.52 Å². The molecule has 0 aliphatic carbocycles. The molecule has 0 bridgehead atoms. The van der Waals surface area contributed by atoms with Gasteiger partial charge in [-0.3, -0.25) is 4.98 Å². The highest BCUT2D eigenvalue weighted by Gasteiger charge is 2.08. The zero-order chi connectivity index (χ0) is 14.2. The first-order valence-electron chi connectivity index (χ1n) is 6.82. The minimum atomic E-state index is 0.475. The Balaban J connectivity index is 2.08. The van der Waals surface area contributed by atoms with E-state index < -0.39 is 0 Å². The Hall–Kier alpha value is -2.94. The normalized spacial score (nSPS) is 11.0. The van der Waals surface area contributed by atoms with Crippen LogP contribution in [0.1, 0.15) is 0 Å². The van der Waals surface area contributed by atoms with Crippen molar-refractivity contribution in [1.29, 1.82) is 0 Å². The van der Waals surface area contributed by atoms with E-state index in [0.717, 1.165) is 32.9 Å². The molecule has 0 saturated carbocycles. The van der Waals surface area contributed by atoms with Crippen molar-refractivity contribution >= 4 is 27.6 Å². The van der Waals surface area contributed by atoms with E-state index in [1.807, 2.05) is 42.6 Å². The van der Waals surface area contributed by atoms with Crippen LogP contribution in [0.3, 0.4) is 0 Å². The van der Waals surface area contributed by atoms with Gasteiger partial charge in [0.25, 0.3) is 0 Å². The molecule has 0 fully saturated rings. The Morgan fingerprint density at radius 3 is 2.38 bits per heavy atom. The van der Waals surface area contributed by atoms with Gasteiger partial charge in [0.15, 0.2) is 5.82 Å². The lowest BCUT2D eigenvalue weighted by atomic mass is 10.0. The van der Waals surface area contributed by atoms with Crippen molar-refractivity contribution in [3.05, 3.63) is 66.9 Å². The second kappa shape index (κ2) is 4.56. The van der Waals surface area contributed by atoms with Crippen LogP contribution in [0.2, 0.25) is 0 Å². The number of hydrogen-bond acceptors (Lipinski definition) is 3. The van der Waals surface area contributed by atoms with Crippen LogP contribution in [-0.2, 0) is 0 Å². The van der Waals surface area contributed by atoms with Gasteiger partial charge in [0, 0.05) is 22.5 Å². The Bertz CT molecular complexity index is 946. The zero-order valence-corrected chi connectivity index (χ0v) is 11.3. The molecular weight excluding hydrogens is 258 g/mol. The quantitative estimate of drug-likeness (QED) is 0.532. The van der Waals surface area contributed by atoms with Gasteiger partial charge in [-0.1, -0.05) is 48.5 Å². The first-order valence-corrected chi connectivity index (χ1v) is 6.82. The predicted octanol–water partition coefficient (Wildman–Crippen LogP) is 4.03. The van der Waals surface area contributed by atoms with Gasteiger partial charge >= 0.3 is 0 Å². The van der Waals surface area contributed by atoms with Crippen molar-refractivity contribution in [2.24, 2.45) is 0 Å². The maximum absolute atomic E-state index is 6.04. The van der Waals surface area contributed by atoms with Gasteiger partial charge in [0.2, 0.25) is 0 Å². The zero-order valence-electron chi connectivity index (χ0n) is 11.3. The molecule has 2 aromatic carbocycles. The van der Waals surface area contributed by atoms with E-state index in [-0.39, 0.29) is 0 Å². The second-order valence-corrected chi connectivity index (χ2v) is 5.00. The summed E-state index contributed by atoms with van der Waals surface area (Å²) in [6.45, 7) is 0. The molecule has 21 heavy (non-hydrogen) atoms. The number of rotatable bonds is 1. The van der Waals surface area contributed by atoms with Crippen molar-refractivity contribution in [3.8, 4) is 11.1 Å². The van der Waals surface area contributed by atoms with Crippen LogP contribution < -0.4 is 5.73 Å². The average molecular weight is 271 g/mol. The third-order valence-corrected chi connectivity index (χ3v) is 3.67. The van der Waals surface area contributed by atoms with Gasteiger partial charge in [-0.15, -0.1) is 0 Å². The number of aromatic nitrogens is 2. The molecule has 100 valence electrons. The van der Waals surface area contributed by atoms with E-state index in [4.69, 9.17) is 5.73 Å². The number of nitrogen functional groups attached to an aromatic ring is 1. The first kappa shape index (κ1) is 11.9. The average Bonchev–Trinajstić information content (AvgIpc) is 2.55. The van der Waals surface area contributed by atoms with E-state index in [9.17, 15) is 0 Å². The van der Waals surface area contributed by atoms with Crippen LogP contribution in [0.25, 0.3) is 32.9 Å². The van der Waals surface area contributed by atoms with Crippen molar-refractivity contribution < 1.29 is 0 Å². The molecule has 0 aliphatic heterocycles. The maximum Gasteiger partial charge on any atom is 0.150 e. The van der Waals surface area contributed by atoms with Gasteiger partial charge in [-0.25, -0.2) is 4.98 Å². The van der Waals surface area contributed by atoms with Crippen molar-refractivity contribution in [2.75, 3.05) is 5.73 Å². The SMILES string of the molecule is Nc1nc2ccccc2c2cc(-c3ccccc3)cnc12. The Morgan fingerprint density at radius 1 is 0.762 bits per heavy atom. The molecule has 2 aromatic heterocycles. The molecule has 2 N–H and O–H groups in total. The van der Waals surface area contributed by atoms with E-state index in [2.05, 4.69) is 34.2 Å². The molecule has 0 radical (unpaired) electrons. The van der Waals surface area contributed by atoms with Crippen molar-refractivity contribution in [3.63, 3.8) is 0 Å². The number of anilines is 1. The summed E-state index contributed by atoms with van der Waals surface area (Å²) < 4.78 is 0. The van der Waals surface area contributed by atoms with Crippen molar-refractivity contribution in [1.82, 2.24) is 9.97 Å². The van der Waals surface area contributed by atoms with Crippen LogP contribution >= 0.6 is 0 Å². The molecule has 2 heterocycles. The minimum Gasteiger partial charge on any atom is -0.382 e. The molecule has 0 amide bonds. The third kappa shape index (κ3) is 1.91. The number of nitrogens with zero attached hydrogens (tertiary/aromatic N) is 2. The van der Waals surface area contributed by atoms with E-state index in [1.165, 1.54) is 0 Å². The highest BCUT2D eigenvalue weighted by Crippen LogP contribution is 2.29. The summed E-state index contributed by atoms with van der Waals surface area (Å²) in [5, 5.41) is 2.12. The topological polar surface area (TPSA) is 51.8 Å². The minimum absolute atomic E-state index is 0.475. The molecule has 3 nitrogen and oxygen atoms in total. The second-order valence-electron chi connectivity index (χ2n) is 5.00. The third-order valence-electron chi connectivity index (χ3n) is 3.67. The molecular formula is C18H13N3. The fourth-order valence-corrected chi connectivity index (χ4v) is 2.64. The number of benzene rings is 2. The van der Waals surface area contributed by atoms with Crippen LogP contribution in [0.15, 0.2) is 66.9 Å². The lowest BCUT2D eigenvalue weighted by molar-refractivity contribution is 1.36. The number of pyridine rings is 2.